The van der Waals surface area contributed by atoms with Crippen molar-refractivity contribution < 1.29 is 9.13 Å². The van der Waals surface area contributed by atoms with Crippen LogP contribution in [0.4, 0.5) is 4.39 Å². The van der Waals surface area contributed by atoms with Crippen molar-refractivity contribution in [2.24, 2.45) is 5.73 Å². The van der Waals surface area contributed by atoms with Crippen molar-refractivity contribution >= 4 is 33.1 Å². The quantitative estimate of drug-likeness (QED) is 0.865. The second-order valence-corrected chi connectivity index (χ2v) is 5.14. The van der Waals surface area contributed by atoms with Crippen LogP contribution in [0.2, 0.25) is 0 Å². The summed E-state index contributed by atoms with van der Waals surface area (Å²) in [5, 5.41) is 0. The summed E-state index contributed by atoms with van der Waals surface area (Å²) in [6.07, 6.45) is 1.60. The van der Waals surface area contributed by atoms with E-state index in [0.29, 0.717) is 21.7 Å². The Hall–Kier alpha value is -1.53. The van der Waals surface area contributed by atoms with Gasteiger partial charge in [-0.05, 0) is 52.7 Å². The zero-order valence-electron chi connectivity index (χ0n) is 9.98. The molecule has 0 aliphatic carbocycles. The zero-order chi connectivity index (χ0) is 14.0. The molecule has 0 radical (unpaired) electrons. The molecule has 1 aromatic carbocycles. The molecule has 0 aliphatic rings. The summed E-state index contributed by atoms with van der Waals surface area (Å²) in [5.74, 6) is 0.397. The first-order valence-corrected chi connectivity index (χ1v) is 6.57. The number of thiocarbonyl (C=S) groups is 1. The maximum absolute atomic E-state index is 13.2. The van der Waals surface area contributed by atoms with Crippen molar-refractivity contribution in [3.05, 3.63) is 51.9 Å². The van der Waals surface area contributed by atoms with Gasteiger partial charge in [-0.3, -0.25) is 0 Å². The smallest absolute Gasteiger partial charge is 0.229 e. The van der Waals surface area contributed by atoms with Gasteiger partial charge in [0.2, 0.25) is 5.88 Å². The van der Waals surface area contributed by atoms with E-state index in [1.807, 2.05) is 6.92 Å². The average molecular weight is 341 g/mol. The second-order valence-electron chi connectivity index (χ2n) is 3.85. The predicted octanol–water partition coefficient (Wildman–Crippen LogP) is 3.72. The lowest BCUT2D eigenvalue weighted by atomic mass is 10.1. The van der Waals surface area contributed by atoms with E-state index in [1.54, 1.807) is 12.3 Å². The molecule has 0 bridgehead atoms. The number of pyridine rings is 1. The summed E-state index contributed by atoms with van der Waals surface area (Å²) in [6.45, 7) is 1.86. The van der Waals surface area contributed by atoms with Crippen molar-refractivity contribution in [2.45, 2.75) is 6.92 Å². The standard InChI is InChI=1S/C13H10BrFN2OS/c1-7-4-5-17-13(11(7)12(16)19)18-8-2-3-10(15)9(14)6-8/h2-6H,1H3,(H2,16,19). The van der Waals surface area contributed by atoms with Crippen LogP contribution >= 0.6 is 28.1 Å². The molecule has 0 atom stereocenters. The van der Waals surface area contributed by atoms with Crippen molar-refractivity contribution in [3.63, 3.8) is 0 Å². The van der Waals surface area contributed by atoms with Crippen LogP contribution in [0.5, 0.6) is 11.6 Å². The van der Waals surface area contributed by atoms with Gasteiger partial charge in [0.25, 0.3) is 0 Å². The van der Waals surface area contributed by atoms with Gasteiger partial charge in [-0.25, -0.2) is 9.37 Å². The first-order valence-electron chi connectivity index (χ1n) is 5.37. The number of halogens is 2. The SMILES string of the molecule is Cc1ccnc(Oc2ccc(F)c(Br)c2)c1C(N)=S. The van der Waals surface area contributed by atoms with Crippen molar-refractivity contribution in [1.29, 1.82) is 0 Å². The Morgan fingerprint density at radius 2 is 2.16 bits per heavy atom. The highest BCUT2D eigenvalue weighted by molar-refractivity contribution is 9.10. The minimum Gasteiger partial charge on any atom is -0.438 e. The Balaban J connectivity index is 2.40. The second kappa shape index (κ2) is 5.63. The fourth-order valence-corrected chi connectivity index (χ4v) is 2.17. The van der Waals surface area contributed by atoms with Gasteiger partial charge in [0.05, 0.1) is 10.0 Å². The summed E-state index contributed by atoms with van der Waals surface area (Å²) in [4.78, 5) is 4.32. The lowest BCUT2D eigenvalue weighted by molar-refractivity contribution is 0.459. The number of nitrogens with zero attached hydrogens (tertiary/aromatic N) is 1. The van der Waals surface area contributed by atoms with E-state index in [0.717, 1.165) is 5.56 Å². The van der Waals surface area contributed by atoms with E-state index < -0.39 is 0 Å². The molecule has 0 saturated heterocycles. The first kappa shape index (κ1) is 13.9. The van der Waals surface area contributed by atoms with Gasteiger partial charge in [0.15, 0.2) is 0 Å². The molecule has 1 aromatic heterocycles. The van der Waals surface area contributed by atoms with E-state index >= 15 is 0 Å². The highest BCUT2D eigenvalue weighted by Gasteiger charge is 2.12. The molecule has 19 heavy (non-hydrogen) atoms. The molecule has 98 valence electrons. The summed E-state index contributed by atoms with van der Waals surface area (Å²) < 4.78 is 19.1. The summed E-state index contributed by atoms with van der Waals surface area (Å²) in [5.41, 5.74) is 7.12. The van der Waals surface area contributed by atoms with Gasteiger partial charge in [-0.1, -0.05) is 12.2 Å². The molecule has 0 fully saturated rings. The first-order chi connectivity index (χ1) is 8.99. The molecule has 0 aliphatic heterocycles. The van der Waals surface area contributed by atoms with E-state index in [1.165, 1.54) is 18.2 Å². The van der Waals surface area contributed by atoms with Crippen LogP contribution < -0.4 is 10.5 Å². The number of hydrogen-bond acceptors (Lipinski definition) is 3. The molecule has 1 heterocycles. The molecule has 2 N–H and O–H groups in total. The monoisotopic (exact) mass is 340 g/mol. The van der Waals surface area contributed by atoms with E-state index in [4.69, 9.17) is 22.7 Å². The molecule has 3 nitrogen and oxygen atoms in total. The van der Waals surface area contributed by atoms with Crippen LogP contribution in [0.3, 0.4) is 0 Å². The summed E-state index contributed by atoms with van der Waals surface area (Å²) in [6, 6.07) is 6.12. The third kappa shape index (κ3) is 3.08. The lowest BCUT2D eigenvalue weighted by Gasteiger charge is -2.11. The largest absolute Gasteiger partial charge is 0.438 e. The Bertz CT molecular complexity index is 649. The molecule has 0 spiro atoms. The van der Waals surface area contributed by atoms with Crippen molar-refractivity contribution in [1.82, 2.24) is 4.98 Å². The summed E-state index contributed by atoms with van der Waals surface area (Å²) >= 11 is 8.08. The topological polar surface area (TPSA) is 48.1 Å². The van der Waals surface area contributed by atoms with Gasteiger partial charge in [-0.2, -0.15) is 0 Å². The van der Waals surface area contributed by atoms with Crippen molar-refractivity contribution in [3.8, 4) is 11.6 Å². The molecule has 2 rings (SSSR count). The average Bonchev–Trinajstić information content (AvgIpc) is 2.33. The van der Waals surface area contributed by atoms with Crippen LogP contribution in [-0.2, 0) is 0 Å². The van der Waals surface area contributed by atoms with Crippen LogP contribution in [0.1, 0.15) is 11.1 Å². The van der Waals surface area contributed by atoms with Gasteiger partial charge < -0.3 is 10.5 Å². The number of rotatable bonds is 3. The molecule has 0 unspecified atom stereocenters. The van der Waals surface area contributed by atoms with Gasteiger partial charge >= 0.3 is 0 Å². The number of ether oxygens (including phenoxy) is 1. The van der Waals surface area contributed by atoms with E-state index in [-0.39, 0.29) is 10.8 Å². The Labute approximate surface area is 123 Å². The Morgan fingerprint density at radius 1 is 1.42 bits per heavy atom. The van der Waals surface area contributed by atoms with Gasteiger partial charge in [-0.15, -0.1) is 0 Å². The molecular formula is C13H10BrFN2OS. The van der Waals surface area contributed by atoms with E-state index in [2.05, 4.69) is 20.9 Å². The highest BCUT2D eigenvalue weighted by Crippen LogP contribution is 2.28. The minimum atomic E-state index is -0.362. The maximum atomic E-state index is 13.2. The fourth-order valence-electron chi connectivity index (χ4n) is 1.56. The number of hydrogen-bond donors (Lipinski definition) is 1. The number of aryl methyl sites for hydroxylation is 1. The molecular weight excluding hydrogens is 331 g/mol. The maximum Gasteiger partial charge on any atom is 0.229 e. The van der Waals surface area contributed by atoms with Gasteiger partial charge in [0.1, 0.15) is 16.6 Å². The fraction of sp³-hybridized carbons (Fsp3) is 0.0769. The molecule has 0 saturated carbocycles. The normalized spacial score (nSPS) is 10.3. The third-order valence-electron chi connectivity index (χ3n) is 2.48. The Kier molecular flexibility index (Phi) is 4.11. The lowest BCUT2D eigenvalue weighted by Crippen LogP contribution is -2.13. The van der Waals surface area contributed by atoms with Gasteiger partial charge in [0, 0.05) is 6.20 Å². The van der Waals surface area contributed by atoms with Crippen LogP contribution in [0.15, 0.2) is 34.9 Å². The highest BCUT2D eigenvalue weighted by atomic mass is 79.9. The molecule has 2 aromatic rings. The predicted molar refractivity (Wildman–Crippen MR) is 79.0 cm³/mol. The molecule has 6 heteroatoms. The zero-order valence-corrected chi connectivity index (χ0v) is 12.4. The van der Waals surface area contributed by atoms with Crippen LogP contribution in [-0.4, -0.2) is 9.97 Å². The number of nitrogens with two attached hydrogens (primary N) is 1. The van der Waals surface area contributed by atoms with E-state index in [9.17, 15) is 4.39 Å². The number of aromatic nitrogens is 1. The van der Waals surface area contributed by atoms with Crippen molar-refractivity contribution in [2.75, 3.05) is 0 Å². The van der Waals surface area contributed by atoms with Crippen LogP contribution in [0.25, 0.3) is 0 Å². The summed E-state index contributed by atoms with van der Waals surface area (Å²) in [7, 11) is 0. The molecule has 0 amide bonds. The Morgan fingerprint density at radius 3 is 2.79 bits per heavy atom. The minimum absolute atomic E-state index is 0.210. The van der Waals surface area contributed by atoms with Crippen LogP contribution in [0, 0.1) is 12.7 Å². The number of benzene rings is 1. The third-order valence-corrected chi connectivity index (χ3v) is 3.29.